The van der Waals surface area contributed by atoms with Gasteiger partial charge in [0.05, 0.1) is 13.3 Å². The van der Waals surface area contributed by atoms with Crippen LogP contribution in [0.1, 0.15) is 17.7 Å². The van der Waals surface area contributed by atoms with Crippen LogP contribution in [0.2, 0.25) is 0 Å². The largest absolute Gasteiger partial charge is 0.506 e. The van der Waals surface area contributed by atoms with E-state index < -0.39 is 17.7 Å². The highest BCUT2D eigenvalue weighted by molar-refractivity contribution is 5.50. The molecule has 1 N–H and O–H groups in total. The minimum absolute atomic E-state index is 0.277. The summed E-state index contributed by atoms with van der Waals surface area (Å²) in [6.45, 7) is 0. The lowest BCUT2D eigenvalue weighted by molar-refractivity contribution is 0.142. The van der Waals surface area contributed by atoms with Crippen LogP contribution in [-0.2, 0) is 0 Å². The van der Waals surface area contributed by atoms with E-state index in [2.05, 4.69) is 9.72 Å². The molecule has 0 fully saturated rings. The average molecular weight is 200 g/mol. The fraction of sp³-hybridized carbons (Fsp3) is 0.250. The van der Waals surface area contributed by atoms with Crippen molar-refractivity contribution in [3.8, 4) is 17.6 Å². The summed E-state index contributed by atoms with van der Waals surface area (Å²) in [5.74, 6) is -1.07. The van der Waals surface area contributed by atoms with Gasteiger partial charge in [-0.3, -0.25) is 0 Å². The van der Waals surface area contributed by atoms with E-state index in [9.17, 15) is 8.78 Å². The first-order chi connectivity index (χ1) is 6.61. The van der Waals surface area contributed by atoms with Crippen molar-refractivity contribution in [1.29, 1.82) is 5.26 Å². The van der Waals surface area contributed by atoms with Crippen molar-refractivity contribution in [3.63, 3.8) is 0 Å². The third-order valence-corrected chi connectivity index (χ3v) is 1.58. The molecule has 1 aromatic heterocycles. The van der Waals surface area contributed by atoms with Crippen molar-refractivity contribution in [2.45, 2.75) is 6.43 Å². The number of ether oxygens (including phenoxy) is 1. The summed E-state index contributed by atoms with van der Waals surface area (Å²) in [5, 5.41) is 17.6. The fourth-order valence-electron chi connectivity index (χ4n) is 0.995. The molecule has 0 aromatic carbocycles. The highest BCUT2D eigenvalue weighted by Crippen LogP contribution is 2.37. The molecule has 4 nitrogen and oxygen atoms in total. The molecule has 1 rings (SSSR count). The quantitative estimate of drug-likeness (QED) is 0.787. The molecule has 74 valence electrons. The summed E-state index contributed by atoms with van der Waals surface area (Å²) in [6, 6.07) is 1.59. The summed E-state index contributed by atoms with van der Waals surface area (Å²) in [7, 11) is 1.13. The lowest BCUT2D eigenvalue weighted by atomic mass is 10.2. The van der Waals surface area contributed by atoms with Crippen LogP contribution in [0.5, 0.6) is 11.5 Å². The highest BCUT2D eigenvalue weighted by atomic mass is 19.3. The number of rotatable bonds is 2. The van der Waals surface area contributed by atoms with E-state index in [0.29, 0.717) is 0 Å². The molecule has 6 heteroatoms. The minimum Gasteiger partial charge on any atom is -0.506 e. The molecule has 0 saturated heterocycles. The first-order valence-electron chi connectivity index (χ1n) is 3.56. The maximum atomic E-state index is 12.4. The van der Waals surface area contributed by atoms with Crippen LogP contribution in [0, 0.1) is 11.3 Å². The number of hydrogen-bond donors (Lipinski definition) is 1. The van der Waals surface area contributed by atoms with E-state index in [1.165, 1.54) is 0 Å². The second-order valence-corrected chi connectivity index (χ2v) is 2.35. The van der Waals surface area contributed by atoms with E-state index in [0.717, 1.165) is 13.3 Å². The van der Waals surface area contributed by atoms with Gasteiger partial charge in [0.1, 0.15) is 17.4 Å². The van der Waals surface area contributed by atoms with E-state index in [1.807, 2.05) is 0 Å². The lowest BCUT2D eigenvalue weighted by Crippen LogP contribution is -1.98. The molecule has 0 atom stereocenters. The van der Waals surface area contributed by atoms with Crippen LogP contribution in [0.3, 0.4) is 0 Å². The summed E-state index contributed by atoms with van der Waals surface area (Å²) < 4.78 is 29.4. The van der Waals surface area contributed by atoms with Crippen molar-refractivity contribution in [3.05, 3.63) is 17.5 Å². The predicted molar refractivity (Wildman–Crippen MR) is 42.1 cm³/mol. The van der Waals surface area contributed by atoms with Gasteiger partial charge in [0.15, 0.2) is 11.4 Å². The van der Waals surface area contributed by atoms with Gasteiger partial charge in [0.2, 0.25) is 0 Å². The average Bonchev–Trinajstić information content (AvgIpc) is 2.16. The Balaban J connectivity index is 3.45. The molecule has 1 aromatic rings. The van der Waals surface area contributed by atoms with E-state index in [-0.39, 0.29) is 11.4 Å². The second-order valence-electron chi connectivity index (χ2n) is 2.35. The van der Waals surface area contributed by atoms with Crippen LogP contribution in [-0.4, -0.2) is 17.2 Å². The Hall–Kier alpha value is -1.90. The predicted octanol–water partition coefficient (Wildman–Crippen LogP) is 1.61. The topological polar surface area (TPSA) is 66.1 Å². The molecule has 0 aliphatic rings. The number of methoxy groups -OCH3 is 1. The van der Waals surface area contributed by atoms with Crippen molar-refractivity contribution in [2.24, 2.45) is 0 Å². The number of pyridine rings is 1. The Bertz CT molecular complexity index is 388. The summed E-state index contributed by atoms with van der Waals surface area (Å²) in [5.41, 5.74) is -0.986. The molecule has 0 unspecified atom stereocenters. The molecule has 0 spiro atoms. The van der Waals surface area contributed by atoms with E-state index in [4.69, 9.17) is 10.4 Å². The van der Waals surface area contributed by atoms with Crippen LogP contribution in [0.25, 0.3) is 0 Å². The van der Waals surface area contributed by atoms with Crippen molar-refractivity contribution in [2.75, 3.05) is 7.11 Å². The molecule has 1 heterocycles. The van der Waals surface area contributed by atoms with Crippen LogP contribution in [0.4, 0.5) is 8.78 Å². The van der Waals surface area contributed by atoms with Gasteiger partial charge in [-0.2, -0.15) is 5.26 Å². The normalized spacial score (nSPS) is 9.93. The molecule has 0 amide bonds. The number of aromatic nitrogens is 1. The maximum Gasteiger partial charge on any atom is 0.271 e. The van der Waals surface area contributed by atoms with Crippen LogP contribution in [0.15, 0.2) is 6.20 Å². The maximum absolute atomic E-state index is 12.4. The highest BCUT2D eigenvalue weighted by Gasteiger charge is 2.22. The third kappa shape index (κ3) is 1.57. The smallest absolute Gasteiger partial charge is 0.271 e. The van der Waals surface area contributed by atoms with Crippen molar-refractivity contribution >= 4 is 0 Å². The number of hydrogen-bond acceptors (Lipinski definition) is 4. The molecule has 0 saturated carbocycles. The Morgan fingerprint density at radius 2 is 2.29 bits per heavy atom. The molecule has 0 aliphatic carbocycles. The molecule has 0 bridgehead atoms. The zero-order chi connectivity index (χ0) is 10.7. The molecule has 0 radical (unpaired) electrons. The Morgan fingerprint density at radius 1 is 1.64 bits per heavy atom. The van der Waals surface area contributed by atoms with Gasteiger partial charge in [-0.1, -0.05) is 0 Å². The molecular weight excluding hydrogens is 194 g/mol. The second kappa shape index (κ2) is 3.87. The zero-order valence-electron chi connectivity index (χ0n) is 7.16. The van der Waals surface area contributed by atoms with E-state index >= 15 is 0 Å². The van der Waals surface area contributed by atoms with Crippen LogP contribution >= 0.6 is 0 Å². The molecule has 0 aliphatic heterocycles. The number of aromatic hydroxyl groups is 1. The minimum atomic E-state index is -2.92. The summed E-state index contributed by atoms with van der Waals surface area (Å²) in [4.78, 5) is 3.44. The molecular formula is C8H6F2N2O2. The van der Waals surface area contributed by atoms with Gasteiger partial charge < -0.3 is 9.84 Å². The van der Waals surface area contributed by atoms with Gasteiger partial charge in [0, 0.05) is 0 Å². The summed E-state index contributed by atoms with van der Waals surface area (Å²) in [6.07, 6.45) is -2.12. The van der Waals surface area contributed by atoms with E-state index in [1.54, 1.807) is 6.07 Å². The number of nitrogens with zero attached hydrogens (tertiary/aromatic N) is 2. The lowest BCUT2D eigenvalue weighted by Gasteiger charge is -2.09. The first-order valence-corrected chi connectivity index (χ1v) is 3.56. The number of halogens is 2. The van der Waals surface area contributed by atoms with Gasteiger partial charge in [-0.15, -0.1) is 0 Å². The molecule has 14 heavy (non-hydrogen) atoms. The number of alkyl halides is 2. The fourth-order valence-corrected chi connectivity index (χ4v) is 0.995. The zero-order valence-corrected chi connectivity index (χ0v) is 7.16. The Morgan fingerprint density at radius 3 is 2.71 bits per heavy atom. The van der Waals surface area contributed by atoms with Crippen molar-refractivity contribution < 1.29 is 18.6 Å². The van der Waals surface area contributed by atoms with Gasteiger partial charge in [-0.25, -0.2) is 13.8 Å². The van der Waals surface area contributed by atoms with Gasteiger partial charge in [-0.05, 0) is 0 Å². The monoisotopic (exact) mass is 200 g/mol. The Kier molecular flexibility index (Phi) is 2.82. The first kappa shape index (κ1) is 10.2. The standard InChI is InChI=1S/C8H6F2N2O2/c1-14-7-4(2-11)12-3-5(13)6(7)8(9)10/h3,8,13H,1H3. The summed E-state index contributed by atoms with van der Waals surface area (Å²) >= 11 is 0. The number of nitriles is 1. The Labute approximate surface area is 78.4 Å². The van der Waals surface area contributed by atoms with Crippen molar-refractivity contribution in [1.82, 2.24) is 4.98 Å². The third-order valence-electron chi connectivity index (χ3n) is 1.58. The van der Waals surface area contributed by atoms with Gasteiger partial charge in [0.25, 0.3) is 6.43 Å². The SMILES string of the molecule is COc1c(C#N)ncc(O)c1C(F)F. The van der Waals surface area contributed by atoms with Crippen LogP contribution < -0.4 is 4.74 Å². The van der Waals surface area contributed by atoms with Gasteiger partial charge >= 0.3 is 0 Å².